The quantitative estimate of drug-likeness (QED) is 0.511. The molecule has 0 aromatic rings. The molecule has 2 atom stereocenters. The molecule has 1 N–H and O–H groups in total. The van der Waals surface area contributed by atoms with Gasteiger partial charge in [0.15, 0.2) is 12.4 Å². The van der Waals surface area contributed by atoms with Crippen molar-refractivity contribution in [3.63, 3.8) is 0 Å². The van der Waals surface area contributed by atoms with Gasteiger partial charge in [0.1, 0.15) is 11.7 Å². The number of carbonyl (C=O) groups excluding carboxylic acids is 2. The van der Waals surface area contributed by atoms with E-state index >= 15 is 0 Å². The summed E-state index contributed by atoms with van der Waals surface area (Å²) in [5.74, 6) is -0.864. The van der Waals surface area contributed by atoms with Crippen LogP contribution in [0.15, 0.2) is 0 Å². The molecule has 5 heteroatoms. The second kappa shape index (κ2) is 5.07. The van der Waals surface area contributed by atoms with Crippen LogP contribution in [-0.4, -0.2) is 42.3 Å². The average molecular weight is 204 g/mol. The fourth-order valence-electron chi connectivity index (χ4n) is 0.755. The third kappa shape index (κ3) is 4.34. The lowest BCUT2D eigenvalue weighted by molar-refractivity contribution is -0.172. The van der Waals surface area contributed by atoms with E-state index in [0.29, 0.717) is 6.29 Å². The van der Waals surface area contributed by atoms with Gasteiger partial charge >= 0.3 is 5.97 Å². The Hall–Kier alpha value is -0.940. The highest BCUT2D eigenvalue weighted by Crippen LogP contribution is 2.10. The van der Waals surface area contributed by atoms with E-state index in [1.54, 1.807) is 20.8 Å². The molecule has 0 heterocycles. The Bertz CT molecular complexity index is 206. The molecular weight excluding hydrogens is 188 g/mol. The van der Waals surface area contributed by atoms with E-state index in [9.17, 15) is 14.7 Å². The Kier molecular flexibility index (Phi) is 4.73. The summed E-state index contributed by atoms with van der Waals surface area (Å²) in [4.78, 5) is 21.6. The van der Waals surface area contributed by atoms with Gasteiger partial charge in [-0.2, -0.15) is 0 Å². The van der Waals surface area contributed by atoms with Crippen molar-refractivity contribution < 1.29 is 24.2 Å². The third-order valence-corrected chi connectivity index (χ3v) is 1.37. The fraction of sp³-hybridized carbons (Fsp3) is 0.778. The summed E-state index contributed by atoms with van der Waals surface area (Å²) < 4.78 is 9.43. The second-order valence-electron chi connectivity index (χ2n) is 3.81. The van der Waals surface area contributed by atoms with Crippen molar-refractivity contribution in [1.82, 2.24) is 0 Å². The molecule has 0 aromatic heterocycles. The Morgan fingerprint density at radius 3 is 2.21 bits per heavy atom. The summed E-state index contributed by atoms with van der Waals surface area (Å²) in [5.41, 5.74) is -0.695. The number of aldehydes is 1. The van der Waals surface area contributed by atoms with E-state index < -0.39 is 23.8 Å². The van der Waals surface area contributed by atoms with Crippen molar-refractivity contribution in [3.8, 4) is 0 Å². The molecule has 0 saturated heterocycles. The lowest BCUT2D eigenvalue weighted by Gasteiger charge is -2.23. The predicted molar refractivity (Wildman–Crippen MR) is 48.7 cm³/mol. The summed E-state index contributed by atoms with van der Waals surface area (Å²) in [6.45, 7) is 5.00. The van der Waals surface area contributed by atoms with Crippen LogP contribution < -0.4 is 0 Å². The van der Waals surface area contributed by atoms with Crippen molar-refractivity contribution in [3.05, 3.63) is 0 Å². The number of hydrogen-bond acceptors (Lipinski definition) is 5. The first-order valence-electron chi connectivity index (χ1n) is 4.21. The monoisotopic (exact) mass is 204 g/mol. The van der Waals surface area contributed by atoms with E-state index in [2.05, 4.69) is 4.74 Å². The van der Waals surface area contributed by atoms with E-state index in [1.165, 1.54) is 7.11 Å². The number of aliphatic hydroxyl groups excluding tert-OH is 1. The van der Waals surface area contributed by atoms with Crippen LogP contribution in [-0.2, 0) is 19.1 Å². The van der Waals surface area contributed by atoms with Crippen LogP contribution in [0.4, 0.5) is 0 Å². The van der Waals surface area contributed by atoms with Crippen molar-refractivity contribution in [2.75, 3.05) is 7.11 Å². The Morgan fingerprint density at radius 2 is 1.93 bits per heavy atom. The largest absolute Gasteiger partial charge is 0.458 e. The van der Waals surface area contributed by atoms with Crippen molar-refractivity contribution in [1.29, 1.82) is 0 Å². The number of rotatable bonds is 4. The first-order chi connectivity index (χ1) is 6.31. The maximum atomic E-state index is 11.2. The summed E-state index contributed by atoms with van der Waals surface area (Å²) in [7, 11) is 1.23. The number of hydrogen-bond donors (Lipinski definition) is 1. The standard InChI is InChI=1S/C9H16O5/c1-9(2,3)14-8(12)7(11)6(5-10)13-4/h5-7,11H,1-4H3. The average Bonchev–Trinajstić information content (AvgIpc) is 2.03. The molecule has 82 valence electrons. The van der Waals surface area contributed by atoms with Crippen LogP contribution in [0.2, 0.25) is 0 Å². The Balaban J connectivity index is 4.31. The minimum atomic E-state index is -1.57. The maximum Gasteiger partial charge on any atom is 0.338 e. The smallest absolute Gasteiger partial charge is 0.338 e. The second-order valence-corrected chi connectivity index (χ2v) is 3.81. The van der Waals surface area contributed by atoms with Crippen LogP contribution >= 0.6 is 0 Å². The molecule has 0 radical (unpaired) electrons. The normalized spacial score (nSPS) is 15.8. The van der Waals surface area contributed by atoms with Gasteiger partial charge in [0.2, 0.25) is 0 Å². The van der Waals surface area contributed by atoms with Crippen LogP contribution in [0.1, 0.15) is 20.8 Å². The van der Waals surface area contributed by atoms with Crippen molar-refractivity contribution in [2.45, 2.75) is 38.6 Å². The molecular formula is C9H16O5. The minimum absolute atomic E-state index is 0.356. The van der Waals surface area contributed by atoms with Gasteiger partial charge in [-0.05, 0) is 20.8 Å². The van der Waals surface area contributed by atoms with Gasteiger partial charge in [0.05, 0.1) is 0 Å². The zero-order valence-corrected chi connectivity index (χ0v) is 8.81. The van der Waals surface area contributed by atoms with Crippen molar-refractivity contribution >= 4 is 12.3 Å². The lowest BCUT2D eigenvalue weighted by Crippen LogP contribution is -2.40. The highest BCUT2D eigenvalue weighted by Gasteiger charge is 2.30. The molecule has 0 spiro atoms. The van der Waals surface area contributed by atoms with Crippen LogP contribution in [0.5, 0.6) is 0 Å². The van der Waals surface area contributed by atoms with Crippen molar-refractivity contribution in [2.24, 2.45) is 0 Å². The Morgan fingerprint density at radius 1 is 1.43 bits per heavy atom. The first-order valence-corrected chi connectivity index (χ1v) is 4.21. The topological polar surface area (TPSA) is 72.8 Å². The fourth-order valence-corrected chi connectivity index (χ4v) is 0.755. The number of aliphatic hydroxyl groups is 1. The number of methoxy groups -OCH3 is 1. The summed E-state index contributed by atoms with van der Waals surface area (Å²) in [6.07, 6.45) is -2.39. The predicted octanol–water partition coefficient (Wildman–Crippen LogP) is -0.0971. The minimum Gasteiger partial charge on any atom is -0.458 e. The summed E-state index contributed by atoms with van der Waals surface area (Å²) >= 11 is 0. The van der Waals surface area contributed by atoms with E-state index in [0.717, 1.165) is 0 Å². The SMILES string of the molecule is COC(C=O)C(O)C(=O)OC(C)(C)C. The maximum absolute atomic E-state index is 11.2. The van der Waals surface area contributed by atoms with Gasteiger partial charge in [-0.3, -0.25) is 0 Å². The van der Waals surface area contributed by atoms with E-state index in [-0.39, 0.29) is 0 Å². The third-order valence-electron chi connectivity index (χ3n) is 1.37. The van der Waals surface area contributed by atoms with Gasteiger partial charge < -0.3 is 19.4 Å². The van der Waals surface area contributed by atoms with Gasteiger partial charge in [0.25, 0.3) is 0 Å². The first kappa shape index (κ1) is 13.1. The van der Waals surface area contributed by atoms with Gasteiger partial charge in [0, 0.05) is 7.11 Å². The van der Waals surface area contributed by atoms with Gasteiger partial charge in [-0.25, -0.2) is 4.79 Å². The summed E-state index contributed by atoms with van der Waals surface area (Å²) in [6, 6.07) is 0. The number of esters is 1. The zero-order chi connectivity index (χ0) is 11.4. The molecule has 0 aromatic carbocycles. The number of carbonyl (C=O) groups is 2. The zero-order valence-electron chi connectivity index (χ0n) is 8.81. The molecule has 0 fully saturated rings. The lowest BCUT2D eigenvalue weighted by atomic mass is 10.1. The molecule has 0 rings (SSSR count). The molecule has 0 bridgehead atoms. The van der Waals surface area contributed by atoms with Crippen LogP contribution in [0.25, 0.3) is 0 Å². The molecule has 0 saturated carbocycles. The van der Waals surface area contributed by atoms with Crippen LogP contribution in [0, 0.1) is 0 Å². The highest BCUT2D eigenvalue weighted by atomic mass is 16.6. The van der Waals surface area contributed by atoms with Gasteiger partial charge in [-0.15, -0.1) is 0 Å². The molecule has 0 aliphatic rings. The molecule has 0 amide bonds. The van der Waals surface area contributed by atoms with E-state index in [4.69, 9.17) is 4.74 Å². The molecule has 0 aliphatic heterocycles. The number of ether oxygens (including phenoxy) is 2. The summed E-state index contributed by atoms with van der Waals surface area (Å²) in [5, 5.41) is 9.31. The molecule has 2 unspecified atom stereocenters. The molecule has 0 aliphatic carbocycles. The molecule has 14 heavy (non-hydrogen) atoms. The highest BCUT2D eigenvalue weighted by molar-refractivity contribution is 5.80. The van der Waals surface area contributed by atoms with Gasteiger partial charge in [-0.1, -0.05) is 0 Å². The molecule has 5 nitrogen and oxygen atoms in total. The Labute approximate surface area is 83.0 Å². The van der Waals surface area contributed by atoms with Crippen LogP contribution in [0.3, 0.4) is 0 Å². The van der Waals surface area contributed by atoms with E-state index in [1.807, 2.05) is 0 Å².